The Labute approximate surface area is 146 Å². The van der Waals surface area contributed by atoms with Gasteiger partial charge in [0.05, 0.1) is 14.2 Å². The number of nitrogens with zero attached hydrogens (tertiary/aromatic N) is 1. The third-order valence-corrected chi connectivity index (χ3v) is 4.27. The summed E-state index contributed by atoms with van der Waals surface area (Å²) in [5.74, 6) is 0.793. The molecule has 0 amide bonds. The van der Waals surface area contributed by atoms with E-state index in [-0.39, 0.29) is 6.42 Å². The number of carbonyl (C=O) groups is 1. The fourth-order valence-corrected chi connectivity index (χ4v) is 3.02. The van der Waals surface area contributed by atoms with Crippen LogP contribution >= 0.6 is 0 Å². The minimum atomic E-state index is -0.795. The molecule has 0 bridgehead atoms. The Kier molecular flexibility index (Phi) is 4.93. The molecule has 0 spiro atoms. The van der Waals surface area contributed by atoms with Gasteiger partial charge in [0.2, 0.25) is 0 Å². The molecule has 3 aromatic rings. The first-order valence-electron chi connectivity index (χ1n) is 8.11. The first-order chi connectivity index (χ1) is 12.1. The molecule has 5 heteroatoms. The Bertz CT molecular complexity index is 898. The van der Waals surface area contributed by atoms with Gasteiger partial charge >= 0.3 is 5.97 Å². The number of hydrogen-bond donors (Lipinski definition) is 1. The number of rotatable bonds is 7. The van der Waals surface area contributed by atoms with Crippen LogP contribution in [0.1, 0.15) is 17.5 Å². The van der Waals surface area contributed by atoms with Crippen molar-refractivity contribution in [2.45, 2.75) is 19.4 Å². The minimum Gasteiger partial charge on any atom is -0.497 e. The topological polar surface area (TPSA) is 60.7 Å². The molecule has 0 atom stereocenters. The molecule has 0 saturated carbocycles. The van der Waals surface area contributed by atoms with E-state index in [2.05, 4.69) is 10.6 Å². The SMILES string of the molecule is COc1cccc(Cn2cc(CCC(=O)O)c3cc(OC)ccc32)c1. The Morgan fingerprint density at radius 2 is 1.84 bits per heavy atom. The predicted molar refractivity (Wildman–Crippen MR) is 96.5 cm³/mol. The van der Waals surface area contributed by atoms with Crippen LogP contribution in [0.25, 0.3) is 10.9 Å². The maximum absolute atomic E-state index is 11.0. The van der Waals surface area contributed by atoms with E-state index in [0.717, 1.165) is 33.5 Å². The lowest BCUT2D eigenvalue weighted by molar-refractivity contribution is -0.136. The van der Waals surface area contributed by atoms with Gasteiger partial charge in [-0.2, -0.15) is 0 Å². The van der Waals surface area contributed by atoms with Gasteiger partial charge in [0.15, 0.2) is 0 Å². The number of aryl methyl sites for hydroxylation is 1. The molecule has 3 rings (SSSR count). The van der Waals surface area contributed by atoms with Crippen molar-refractivity contribution in [1.29, 1.82) is 0 Å². The molecule has 1 N–H and O–H groups in total. The van der Waals surface area contributed by atoms with Crippen molar-refractivity contribution in [2.24, 2.45) is 0 Å². The van der Waals surface area contributed by atoms with Crippen molar-refractivity contribution >= 4 is 16.9 Å². The van der Waals surface area contributed by atoms with E-state index in [4.69, 9.17) is 14.6 Å². The monoisotopic (exact) mass is 339 g/mol. The normalized spacial score (nSPS) is 10.8. The van der Waals surface area contributed by atoms with E-state index in [1.165, 1.54) is 0 Å². The molecule has 0 unspecified atom stereocenters. The third-order valence-electron chi connectivity index (χ3n) is 4.27. The van der Waals surface area contributed by atoms with E-state index in [1.54, 1.807) is 14.2 Å². The molecule has 0 fully saturated rings. The fourth-order valence-electron chi connectivity index (χ4n) is 3.02. The van der Waals surface area contributed by atoms with Gasteiger partial charge in [-0.1, -0.05) is 12.1 Å². The van der Waals surface area contributed by atoms with E-state index < -0.39 is 5.97 Å². The Balaban J connectivity index is 2.00. The van der Waals surface area contributed by atoms with Gasteiger partial charge in [-0.3, -0.25) is 4.79 Å². The van der Waals surface area contributed by atoms with Gasteiger partial charge in [0.1, 0.15) is 11.5 Å². The van der Waals surface area contributed by atoms with Gasteiger partial charge < -0.3 is 19.1 Å². The van der Waals surface area contributed by atoms with Gasteiger partial charge in [0.25, 0.3) is 0 Å². The molecule has 25 heavy (non-hydrogen) atoms. The highest BCUT2D eigenvalue weighted by Crippen LogP contribution is 2.28. The number of hydrogen-bond acceptors (Lipinski definition) is 3. The zero-order valence-corrected chi connectivity index (χ0v) is 14.4. The standard InChI is InChI=1S/C20H21NO4/c1-24-16-5-3-4-14(10-16)12-21-13-15(6-9-20(22)23)18-11-17(25-2)7-8-19(18)21/h3-5,7-8,10-11,13H,6,9,12H2,1-2H3,(H,22,23). The summed E-state index contributed by atoms with van der Waals surface area (Å²) in [6, 6.07) is 13.8. The van der Waals surface area contributed by atoms with Gasteiger partial charge in [-0.15, -0.1) is 0 Å². The van der Waals surface area contributed by atoms with Crippen LogP contribution in [0.5, 0.6) is 11.5 Å². The van der Waals surface area contributed by atoms with Crippen LogP contribution in [-0.4, -0.2) is 29.9 Å². The molecular weight excluding hydrogens is 318 g/mol. The van der Waals surface area contributed by atoms with Gasteiger partial charge in [0, 0.05) is 30.1 Å². The second kappa shape index (κ2) is 7.30. The molecule has 2 aromatic carbocycles. The van der Waals surface area contributed by atoms with Crippen molar-refractivity contribution in [3.05, 3.63) is 59.8 Å². The van der Waals surface area contributed by atoms with Crippen molar-refractivity contribution in [2.75, 3.05) is 14.2 Å². The zero-order chi connectivity index (χ0) is 17.8. The largest absolute Gasteiger partial charge is 0.497 e. The number of carboxylic acids is 1. The Hall–Kier alpha value is -2.95. The number of aromatic nitrogens is 1. The molecule has 0 aliphatic carbocycles. The van der Waals surface area contributed by atoms with E-state index in [0.29, 0.717) is 13.0 Å². The molecule has 0 radical (unpaired) electrons. The maximum atomic E-state index is 11.0. The van der Waals surface area contributed by atoms with Gasteiger partial charge in [-0.25, -0.2) is 0 Å². The van der Waals surface area contributed by atoms with Crippen molar-refractivity contribution in [3.63, 3.8) is 0 Å². The first-order valence-corrected chi connectivity index (χ1v) is 8.11. The summed E-state index contributed by atoms with van der Waals surface area (Å²) in [5.41, 5.74) is 3.19. The quantitative estimate of drug-likeness (QED) is 0.712. The zero-order valence-electron chi connectivity index (χ0n) is 14.4. The number of fused-ring (bicyclic) bond motifs is 1. The number of benzene rings is 2. The molecule has 1 heterocycles. The van der Waals surface area contributed by atoms with Crippen LogP contribution in [0.2, 0.25) is 0 Å². The third kappa shape index (κ3) is 3.76. The van der Waals surface area contributed by atoms with Crippen LogP contribution in [0.15, 0.2) is 48.7 Å². The Morgan fingerprint density at radius 1 is 1.08 bits per heavy atom. The summed E-state index contributed by atoms with van der Waals surface area (Å²) >= 11 is 0. The average Bonchev–Trinajstić information content (AvgIpc) is 2.97. The number of aliphatic carboxylic acids is 1. The summed E-state index contributed by atoms with van der Waals surface area (Å²) in [7, 11) is 3.28. The van der Waals surface area contributed by atoms with E-state index in [9.17, 15) is 4.79 Å². The van der Waals surface area contributed by atoms with Crippen molar-refractivity contribution < 1.29 is 19.4 Å². The summed E-state index contributed by atoms with van der Waals surface area (Å²) in [4.78, 5) is 11.0. The number of ether oxygens (including phenoxy) is 2. The molecule has 0 aliphatic rings. The van der Waals surface area contributed by atoms with E-state index >= 15 is 0 Å². The van der Waals surface area contributed by atoms with Crippen LogP contribution in [0.4, 0.5) is 0 Å². The molecule has 0 aliphatic heterocycles. The van der Waals surface area contributed by atoms with Crippen molar-refractivity contribution in [3.8, 4) is 11.5 Å². The molecule has 0 saturated heterocycles. The van der Waals surface area contributed by atoms with Crippen LogP contribution < -0.4 is 9.47 Å². The number of carboxylic acid groups (broad SMARTS) is 1. The highest BCUT2D eigenvalue weighted by Gasteiger charge is 2.12. The predicted octanol–water partition coefficient (Wildman–Crippen LogP) is 3.72. The highest BCUT2D eigenvalue weighted by molar-refractivity contribution is 5.86. The van der Waals surface area contributed by atoms with Crippen LogP contribution in [0, 0.1) is 0 Å². The first kappa shape index (κ1) is 16.9. The van der Waals surface area contributed by atoms with Crippen LogP contribution in [-0.2, 0) is 17.8 Å². The summed E-state index contributed by atoms with van der Waals surface area (Å²) < 4.78 is 12.7. The Morgan fingerprint density at radius 3 is 2.56 bits per heavy atom. The average molecular weight is 339 g/mol. The summed E-state index contributed by atoms with van der Waals surface area (Å²) in [5, 5.41) is 10.0. The summed E-state index contributed by atoms with van der Waals surface area (Å²) in [6.45, 7) is 0.688. The fraction of sp³-hybridized carbons (Fsp3) is 0.250. The molecule has 1 aromatic heterocycles. The molecule has 5 nitrogen and oxygen atoms in total. The highest BCUT2D eigenvalue weighted by atomic mass is 16.5. The lowest BCUT2D eigenvalue weighted by atomic mass is 10.1. The maximum Gasteiger partial charge on any atom is 0.303 e. The van der Waals surface area contributed by atoms with Gasteiger partial charge in [-0.05, 0) is 47.9 Å². The van der Waals surface area contributed by atoms with Crippen LogP contribution in [0.3, 0.4) is 0 Å². The summed E-state index contributed by atoms with van der Waals surface area (Å²) in [6.07, 6.45) is 2.63. The van der Waals surface area contributed by atoms with Crippen molar-refractivity contribution in [1.82, 2.24) is 4.57 Å². The minimum absolute atomic E-state index is 0.107. The molecule has 130 valence electrons. The second-order valence-corrected chi connectivity index (χ2v) is 5.91. The van der Waals surface area contributed by atoms with E-state index in [1.807, 2.05) is 42.6 Å². The second-order valence-electron chi connectivity index (χ2n) is 5.91. The number of methoxy groups -OCH3 is 2. The lowest BCUT2D eigenvalue weighted by Crippen LogP contribution is -1.99. The smallest absolute Gasteiger partial charge is 0.303 e. The molecular formula is C20H21NO4. The lowest BCUT2D eigenvalue weighted by Gasteiger charge is -2.08.